The fourth-order valence-corrected chi connectivity index (χ4v) is 3.81. The largest absolute Gasteiger partial charge is 0.315 e. The number of carbonyl (C=O) groups excluding carboxylic acids is 2. The van der Waals surface area contributed by atoms with E-state index in [1.807, 2.05) is 0 Å². The summed E-state index contributed by atoms with van der Waals surface area (Å²) in [5.74, 6) is -4.41. The van der Waals surface area contributed by atoms with Crippen molar-refractivity contribution in [3.8, 4) is 0 Å². The number of ketones is 1. The van der Waals surface area contributed by atoms with Crippen LogP contribution in [0, 0.1) is 5.92 Å². The summed E-state index contributed by atoms with van der Waals surface area (Å²) in [6.07, 6.45) is 1.21. The van der Waals surface area contributed by atoms with Gasteiger partial charge in [-0.2, -0.15) is 0 Å². The topological polar surface area (TPSA) is 37.4 Å². The number of piperidine rings is 1. The molecule has 2 fully saturated rings. The Morgan fingerprint density at radius 1 is 1.35 bits per heavy atom. The number of benzene rings is 1. The molecule has 102 valence electrons. The fourth-order valence-electron chi connectivity index (χ4n) is 3.81. The molecule has 0 N–H and O–H groups in total. The summed E-state index contributed by atoms with van der Waals surface area (Å²) in [5.41, 5.74) is -0.614. The van der Waals surface area contributed by atoms with Crippen LogP contribution in [0.5, 0.6) is 0 Å². The maximum atomic E-state index is 14.3. The van der Waals surface area contributed by atoms with Crippen molar-refractivity contribution in [2.24, 2.45) is 5.92 Å². The average Bonchev–Trinajstić information content (AvgIpc) is 2.72. The van der Waals surface area contributed by atoms with Gasteiger partial charge in [-0.3, -0.25) is 9.59 Å². The van der Waals surface area contributed by atoms with E-state index in [9.17, 15) is 18.4 Å². The molecule has 2 aliphatic carbocycles. The number of likely N-dealkylation sites (tertiary alicyclic amines) is 1. The van der Waals surface area contributed by atoms with E-state index >= 15 is 0 Å². The van der Waals surface area contributed by atoms with Crippen molar-refractivity contribution in [2.75, 3.05) is 6.54 Å². The van der Waals surface area contributed by atoms with Gasteiger partial charge in [-0.1, -0.05) is 24.3 Å². The van der Waals surface area contributed by atoms with Crippen LogP contribution in [0.2, 0.25) is 0 Å². The van der Waals surface area contributed by atoms with Crippen molar-refractivity contribution >= 4 is 11.7 Å². The normalized spacial score (nSPS) is 32.1. The van der Waals surface area contributed by atoms with Gasteiger partial charge in [0.25, 0.3) is 5.92 Å². The molecule has 0 aromatic heterocycles. The number of allylic oxidation sites excluding steroid dienone is 2. The Kier molecular flexibility index (Phi) is 1.86. The zero-order valence-electron chi connectivity index (χ0n) is 10.7. The molecule has 1 saturated carbocycles. The summed E-state index contributed by atoms with van der Waals surface area (Å²) in [4.78, 5) is 25.0. The standard InChI is InChI=1S/C15H11F2NO2/c1-8(19)18-7-12-14(15(12,16)17)10-5-3-2-4-9(10)11(20)6-13(14)18/h2-6,12H,7H2,1H3. The third kappa shape index (κ3) is 0.994. The van der Waals surface area contributed by atoms with Gasteiger partial charge in [-0.05, 0) is 5.56 Å². The molecule has 5 heteroatoms. The molecule has 1 heterocycles. The predicted molar refractivity (Wildman–Crippen MR) is 66.4 cm³/mol. The number of fused-ring (bicyclic) bond motifs is 1. The first kappa shape index (κ1) is 11.8. The van der Waals surface area contributed by atoms with Crippen LogP contribution in [0.3, 0.4) is 0 Å². The van der Waals surface area contributed by atoms with Crippen LogP contribution in [0.15, 0.2) is 36.0 Å². The average molecular weight is 275 g/mol. The number of carbonyl (C=O) groups is 2. The summed E-state index contributed by atoms with van der Waals surface area (Å²) >= 11 is 0. The van der Waals surface area contributed by atoms with Crippen molar-refractivity contribution in [3.63, 3.8) is 0 Å². The van der Waals surface area contributed by atoms with E-state index in [1.54, 1.807) is 24.3 Å². The summed E-state index contributed by atoms with van der Waals surface area (Å²) in [6.45, 7) is 1.32. The fraction of sp³-hybridized carbons (Fsp3) is 0.333. The lowest BCUT2D eigenvalue weighted by atomic mass is 9.81. The maximum Gasteiger partial charge on any atom is 0.269 e. The van der Waals surface area contributed by atoms with Crippen LogP contribution in [-0.4, -0.2) is 29.1 Å². The number of hydrogen-bond donors (Lipinski definition) is 0. The Balaban J connectivity index is 2.01. The Morgan fingerprint density at radius 2 is 2.05 bits per heavy atom. The maximum absolute atomic E-state index is 14.3. The summed E-state index contributed by atoms with van der Waals surface area (Å²) in [6, 6.07) is 6.48. The second-order valence-electron chi connectivity index (χ2n) is 5.55. The number of nitrogens with zero attached hydrogens (tertiary/aromatic N) is 1. The highest BCUT2D eigenvalue weighted by Crippen LogP contribution is 2.75. The first-order valence-corrected chi connectivity index (χ1v) is 6.44. The molecule has 1 aromatic carbocycles. The second kappa shape index (κ2) is 3.16. The highest BCUT2D eigenvalue weighted by Gasteiger charge is 2.87. The van der Waals surface area contributed by atoms with E-state index in [0.717, 1.165) is 0 Å². The van der Waals surface area contributed by atoms with Crippen molar-refractivity contribution < 1.29 is 18.4 Å². The molecule has 3 aliphatic rings. The van der Waals surface area contributed by atoms with Crippen molar-refractivity contribution in [1.29, 1.82) is 0 Å². The number of halogens is 2. The van der Waals surface area contributed by atoms with Gasteiger partial charge < -0.3 is 4.90 Å². The molecule has 1 amide bonds. The molecule has 1 aromatic rings. The molecule has 2 atom stereocenters. The predicted octanol–water partition coefficient (Wildman–Crippen LogP) is 2.13. The number of alkyl halides is 2. The van der Waals surface area contributed by atoms with Crippen molar-refractivity contribution in [2.45, 2.75) is 18.3 Å². The highest BCUT2D eigenvalue weighted by molar-refractivity contribution is 6.09. The van der Waals surface area contributed by atoms with E-state index in [2.05, 4.69) is 0 Å². The van der Waals surface area contributed by atoms with Crippen LogP contribution in [0.25, 0.3) is 0 Å². The molecule has 4 rings (SSSR count). The van der Waals surface area contributed by atoms with E-state index < -0.39 is 17.3 Å². The monoisotopic (exact) mass is 275 g/mol. The minimum atomic E-state index is -2.89. The van der Waals surface area contributed by atoms with Crippen molar-refractivity contribution in [1.82, 2.24) is 4.90 Å². The lowest BCUT2D eigenvalue weighted by molar-refractivity contribution is -0.127. The van der Waals surface area contributed by atoms with Crippen LogP contribution in [-0.2, 0) is 10.2 Å². The number of rotatable bonds is 0. The molecule has 0 radical (unpaired) electrons. The minimum Gasteiger partial charge on any atom is -0.315 e. The lowest BCUT2D eigenvalue weighted by Gasteiger charge is -2.30. The Morgan fingerprint density at radius 3 is 2.75 bits per heavy atom. The van der Waals surface area contributed by atoms with Gasteiger partial charge in [0.05, 0.1) is 5.92 Å². The van der Waals surface area contributed by atoms with Gasteiger partial charge in [0, 0.05) is 30.8 Å². The zero-order chi connectivity index (χ0) is 14.3. The zero-order valence-corrected chi connectivity index (χ0v) is 10.7. The van der Waals surface area contributed by atoms with Crippen LogP contribution < -0.4 is 0 Å². The molecule has 1 saturated heterocycles. The van der Waals surface area contributed by atoms with Gasteiger partial charge in [-0.15, -0.1) is 0 Å². The minimum absolute atomic E-state index is 0.0181. The molecule has 3 nitrogen and oxygen atoms in total. The quantitative estimate of drug-likeness (QED) is 0.727. The number of hydrogen-bond acceptors (Lipinski definition) is 2. The smallest absolute Gasteiger partial charge is 0.269 e. The van der Waals surface area contributed by atoms with E-state index in [-0.39, 0.29) is 23.9 Å². The van der Waals surface area contributed by atoms with E-state index in [4.69, 9.17) is 0 Å². The highest BCUT2D eigenvalue weighted by atomic mass is 19.3. The van der Waals surface area contributed by atoms with Gasteiger partial charge in [-0.25, -0.2) is 8.78 Å². The third-order valence-electron chi connectivity index (χ3n) is 4.73. The molecule has 1 spiro atoms. The molecule has 1 aliphatic heterocycles. The SMILES string of the molecule is CC(=O)N1CC2C(F)(F)C23C1=CC(=O)c1ccccc13. The second-order valence-corrected chi connectivity index (χ2v) is 5.55. The van der Waals surface area contributed by atoms with Crippen molar-refractivity contribution in [3.05, 3.63) is 47.2 Å². The molecular formula is C15H11F2NO2. The van der Waals surface area contributed by atoms with Gasteiger partial charge in [0.15, 0.2) is 5.78 Å². The van der Waals surface area contributed by atoms with E-state index in [1.165, 1.54) is 17.9 Å². The van der Waals surface area contributed by atoms with Gasteiger partial charge in [0.2, 0.25) is 5.91 Å². The summed E-state index contributed by atoms with van der Waals surface area (Å²) < 4.78 is 28.6. The third-order valence-corrected chi connectivity index (χ3v) is 4.73. The molecule has 20 heavy (non-hydrogen) atoms. The molecule has 0 bridgehead atoms. The molecule has 2 unspecified atom stereocenters. The first-order valence-electron chi connectivity index (χ1n) is 6.44. The molecular weight excluding hydrogens is 264 g/mol. The summed E-state index contributed by atoms with van der Waals surface area (Å²) in [5, 5.41) is 0. The summed E-state index contributed by atoms with van der Waals surface area (Å²) in [7, 11) is 0. The Labute approximate surface area is 113 Å². The van der Waals surface area contributed by atoms with Crippen LogP contribution >= 0.6 is 0 Å². The van der Waals surface area contributed by atoms with Crippen LogP contribution in [0.4, 0.5) is 8.78 Å². The Hall–Kier alpha value is -2.04. The first-order chi connectivity index (χ1) is 9.42. The number of amides is 1. The van der Waals surface area contributed by atoms with Gasteiger partial charge in [0.1, 0.15) is 5.41 Å². The Bertz CT molecular complexity index is 710. The van der Waals surface area contributed by atoms with E-state index in [0.29, 0.717) is 11.1 Å². The lowest BCUT2D eigenvalue weighted by Crippen LogP contribution is -2.37. The van der Waals surface area contributed by atoms with Gasteiger partial charge >= 0.3 is 0 Å². The van der Waals surface area contributed by atoms with Crippen LogP contribution in [0.1, 0.15) is 22.8 Å².